The van der Waals surface area contributed by atoms with Crippen molar-refractivity contribution in [3.05, 3.63) is 52.2 Å². The lowest BCUT2D eigenvalue weighted by molar-refractivity contribution is 0.0438. The second-order valence-electron chi connectivity index (χ2n) is 6.66. The van der Waals surface area contributed by atoms with Crippen molar-refractivity contribution in [1.29, 1.82) is 0 Å². The van der Waals surface area contributed by atoms with E-state index in [2.05, 4.69) is 10.2 Å². The Hall–Kier alpha value is -2.27. The molecule has 2 aromatic heterocycles. The number of thiophene rings is 1. The number of piperidine rings is 1. The number of halogens is 1. The molecule has 1 fully saturated rings. The third kappa shape index (κ3) is 4.41. The van der Waals surface area contributed by atoms with E-state index in [0.29, 0.717) is 19.0 Å². The van der Waals surface area contributed by atoms with Crippen molar-refractivity contribution in [2.24, 2.45) is 0 Å². The van der Waals surface area contributed by atoms with Crippen LogP contribution in [0.25, 0.3) is 10.8 Å². The number of carbonyl (C=O) groups excluding carboxylic acids is 1. The van der Waals surface area contributed by atoms with Gasteiger partial charge in [0.2, 0.25) is 10.0 Å². The van der Waals surface area contributed by atoms with Crippen LogP contribution in [0, 0.1) is 0 Å². The highest BCUT2D eigenvalue weighted by Gasteiger charge is 2.27. The molecule has 8 nitrogen and oxygen atoms in total. The number of aromatic nitrogens is 2. The van der Waals surface area contributed by atoms with Crippen molar-refractivity contribution >= 4 is 38.9 Å². The van der Waals surface area contributed by atoms with Crippen LogP contribution < -0.4 is 0 Å². The number of sulfonamides is 1. The average molecular weight is 468 g/mol. The van der Waals surface area contributed by atoms with Crippen LogP contribution in [0.15, 0.2) is 45.0 Å². The largest absolute Gasteiger partial charge is 0.452 e. The standard InChI is InChI=1S/C19H18ClN3O5S2/c20-15-7-6-13(30(25,26)23-8-2-1-3-9-23)11-14(15)19(24)27-12-17-21-22-18(28-17)16-5-4-10-29-16/h4-7,10-11H,1-3,8-9,12H2. The molecule has 3 aromatic rings. The first-order valence-electron chi connectivity index (χ1n) is 9.28. The summed E-state index contributed by atoms with van der Waals surface area (Å²) in [5.74, 6) is -0.310. The molecule has 30 heavy (non-hydrogen) atoms. The molecule has 0 N–H and O–H groups in total. The minimum absolute atomic E-state index is 0.0125. The molecule has 0 bridgehead atoms. The molecule has 0 amide bonds. The minimum Gasteiger partial charge on any atom is -0.452 e. The summed E-state index contributed by atoms with van der Waals surface area (Å²) in [6.45, 7) is 0.680. The number of rotatable bonds is 6. The van der Waals surface area contributed by atoms with Gasteiger partial charge in [0, 0.05) is 13.1 Å². The molecule has 1 aliphatic heterocycles. The number of esters is 1. The van der Waals surface area contributed by atoms with Crippen molar-refractivity contribution in [3.8, 4) is 10.8 Å². The first kappa shape index (κ1) is 21.0. The van der Waals surface area contributed by atoms with Gasteiger partial charge >= 0.3 is 5.97 Å². The topological polar surface area (TPSA) is 103 Å². The number of carbonyl (C=O) groups is 1. The molecular formula is C19H18ClN3O5S2. The van der Waals surface area contributed by atoms with Gasteiger partial charge < -0.3 is 9.15 Å². The van der Waals surface area contributed by atoms with Crippen LogP contribution in [0.5, 0.6) is 0 Å². The summed E-state index contributed by atoms with van der Waals surface area (Å²) < 4.78 is 37.9. The highest BCUT2D eigenvalue weighted by molar-refractivity contribution is 7.89. The van der Waals surface area contributed by atoms with Crippen LogP contribution in [0.3, 0.4) is 0 Å². The van der Waals surface area contributed by atoms with Crippen molar-refractivity contribution < 1.29 is 22.4 Å². The van der Waals surface area contributed by atoms with E-state index in [9.17, 15) is 13.2 Å². The Bertz CT molecular complexity index is 1140. The van der Waals surface area contributed by atoms with E-state index in [0.717, 1.165) is 24.1 Å². The van der Waals surface area contributed by atoms with Gasteiger partial charge in [-0.2, -0.15) is 4.31 Å². The summed E-state index contributed by atoms with van der Waals surface area (Å²) in [5.41, 5.74) is -0.0345. The minimum atomic E-state index is -3.70. The van der Waals surface area contributed by atoms with Gasteiger partial charge in [-0.1, -0.05) is 24.1 Å². The zero-order valence-corrected chi connectivity index (χ0v) is 18.2. The van der Waals surface area contributed by atoms with Crippen LogP contribution in [-0.2, 0) is 21.4 Å². The number of ether oxygens (including phenoxy) is 1. The Morgan fingerprint density at radius 2 is 2.00 bits per heavy atom. The summed E-state index contributed by atoms with van der Waals surface area (Å²) in [5, 5.41) is 9.75. The normalized spacial score (nSPS) is 15.2. The van der Waals surface area contributed by atoms with E-state index < -0.39 is 16.0 Å². The van der Waals surface area contributed by atoms with E-state index in [1.165, 1.54) is 33.8 Å². The molecule has 3 heterocycles. The van der Waals surface area contributed by atoms with Gasteiger partial charge in [-0.3, -0.25) is 0 Å². The number of hydrogen-bond acceptors (Lipinski definition) is 8. The monoisotopic (exact) mass is 467 g/mol. The molecule has 1 aliphatic rings. The predicted molar refractivity (Wildman–Crippen MR) is 111 cm³/mol. The van der Waals surface area contributed by atoms with Gasteiger partial charge in [0.05, 0.1) is 20.4 Å². The van der Waals surface area contributed by atoms with Crippen LogP contribution in [0.2, 0.25) is 5.02 Å². The molecule has 11 heteroatoms. The Balaban J connectivity index is 1.48. The van der Waals surface area contributed by atoms with Gasteiger partial charge in [0.15, 0.2) is 6.61 Å². The maximum absolute atomic E-state index is 12.9. The molecule has 1 saturated heterocycles. The van der Waals surface area contributed by atoms with Crippen LogP contribution in [0.1, 0.15) is 35.5 Å². The predicted octanol–water partition coefficient (Wildman–Crippen LogP) is 3.98. The van der Waals surface area contributed by atoms with Crippen LogP contribution >= 0.6 is 22.9 Å². The second-order valence-corrected chi connectivity index (χ2v) is 9.95. The lowest BCUT2D eigenvalue weighted by atomic mass is 10.2. The molecule has 0 aliphatic carbocycles. The Labute approximate surface area is 182 Å². The SMILES string of the molecule is O=C(OCc1nnc(-c2cccs2)o1)c1cc(S(=O)(=O)N2CCCCC2)ccc1Cl. The lowest BCUT2D eigenvalue weighted by Gasteiger charge is -2.26. The molecule has 1 aromatic carbocycles. The summed E-state index contributed by atoms with van der Waals surface area (Å²) in [7, 11) is -3.70. The third-order valence-corrected chi connectivity index (χ3v) is 7.72. The van der Waals surface area contributed by atoms with Gasteiger partial charge in [0.1, 0.15) is 0 Å². The maximum Gasteiger partial charge on any atom is 0.340 e. The van der Waals surface area contributed by atoms with Crippen molar-refractivity contribution in [1.82, 2.24) is 14.5 Å². The first-order valence-corrected chi connectivity index (χ1v) is 12.0. The highest BCUT2D eigenvalue weighted by Crippen LogP contribution is 2.26. The fourth-order valence-corrected chi connectivity index (χ4v) is 5.48. The van der Waals surface area contributed by atoms with Gasteiger partial charge in [-0.25, -0.2) is 13.2 Å². The second kappa shape index (κ2) is 8.84. The molecule has 0 unspecified atom stereocenters. The van der Waals surface area contributed by atoms with Crippen molar-refractivity contribution in [2.75, 3.05) is 13.1 Å². The average Bonchev–Trinajstić information content (AvgIpc) is 3.45. The Kier molecular flexibility index (Phi) is 6.19. The Morgan fingerprint density at radius 3 is 2.73 bits per heavy atom. The Morgan fingerprint density at radius 1 is 1.20 bits per heavy atom. The quantitative estimate of drug-likeness (QED) is 0.505. The lowest BCUT2D eigenvalue weighted by Crippen LogP contribution is -2.35. The summed E-state index contributed by atoms with van der Waals surface area (Å²) in [6.07, 6.45) is 2.65. The van der Waals surface area contributed by atoms with E-state index >= 15 is 0 Å². The number of nitrogens with zero attached hydrogens (tertiary/aromatic N) is 3. The molecule has 0 radical (unpaired) electrons. The summed E-state index contributed by atoms with van der Waals surface area (Å²) in [6, 6.07) is 7.73. The van der Waals surface area contributed by atoms with Crippen molar-refractivity contribution in [3.63, 3.8) is 0 Å². The summed E-state index contributed by atoms with van der Waals surface area (Å²) in [4.78, 5) is 13.3. The van der Waals surface area contributed by atoms with Crippen molar-refractivity contribution in [2.45, 2.75) is 30.8 Å². The van der Waals surface area contributed by atoms with E-state index in [4.69, 9.17) is 20.8 Å². The first-order chi connectivity index (χ1) is 14.4. The molecule has 158 valence electrons. The maximum atomic E-state index is 12.9. The van der Waals surface area contributed by atoms with Gasteiger partial charge in [-0.15, -0.1) is 21.5 Å². The van der Waals surface area contributed by atoms with Gasteiger partial charge in [-0.05, 0) is 42.5 Å². The molecule has 0 saturated carbocycles. The molecule has 0 atom stereocenters. The fourth-order valence-electron chi connectivity index (χ4n) is 3.09. The van der Waals surface area contributed by atoms with E-state index in [1.807, 2.05) is 17.5 Å². The van der Waals surface area contributed by atoms with Crippen LogP contribution in [0.4, 0.5) is 0 Å². The smallest absolute Gasteiger partial charge is 0.340 e. The molecule has 4 rings (SSSR count). The highest BCUT2D eigenvalue weighted by atomic mass is 35.5. The fraction of sp³-hybridized carbons (Fsp3) is 0.316. The van der Waals surface area contributed by atoms with E-state index in [-0.39, 0.29) is 28.0 Å². The molecular weight excluding hydrogens is 450 g/mol. The third-order valence-electron chi connectivity index (χ3n) is 4.64. The number of benzene rings is 1. The molecule has 0 spiro atoms. The zero-order chi connectivity index (χ0) is 21.1. The van der Waals surface area contributed by atoms with Gasteiger partial charge in [0.25, 0.3) is 11.8 Å². The summed E-state index contributed by atoms with van der Waals surface area (Å²) >= 11 is 7.57. The number of hydrogen-bond donors (Lipinski definition) is 0. The zero-order valence-electron chi connectivity index (χ0n) is 15.8. The van der Waals surface area contributed by atoms with Crippen LogP contribution in [-0.4, -0.2) is 42.0 Å². The van der Waals surface area contributed by atoms with E-state index in [1.54, 1.807) is 0 Å².